The Bertz CT molecular complexity index is 359. The fraction of sp³-hybridized carbons (Fsp3) is 0.400. The molecule has 0 spiro atoms. The molecule has 2 aliphatic heterocycles. The largest absolute Gasteiger partial charge is 0.454 e. The minimum absolute atomic E-state index is 0.131. The van der Waals surface area contributed by atoms with Crippen molar-refractivity contribution in [2.45, 2.75) is 19.6 Å². The van der Waals surface area contributed by atoms with Crippen molar-refractivity contribution in [2.24, 2.45) is 0 Å². The molecule has 1 atom stereocenters. The highest BCUT2D eigenvalue weighted by Crippen LogP contribution is 2.45. The number of rotatable bonds is 0. The highest BCUT2D eigenvalue weighted by atomic mass is 16.7. The third-order valence-electron chi connectivity index (χ3n) is 2.56. The molecule has 0 N–H and O–H groups in total. The molecule has 0 aliphatic carbocycles. The second-order valence-electron chi connectivity index (χ2n) is 3.33. The lowest BCUT2D eigenvalue weighted by molar-refractivity contribution is 0.0778. The van der Waals surface area contributed by atoms with Crippen LogP contribution in [0.15, 0.2) is 12.1 Å². The first-order valence-corrected chi connectivity index (χ1v) is 4.39. The second-order valence-corrected chi connectivity index (χ2v) is 3.33. The predicted octanol–water partition coefficient (Wildman–Crippen LogP) is 2.01. The zero-order valence-electron chi connectivity index (χ0n) is 7.37. The highest BCUT2D eigenvalue weighted by Gasteiger charge is 2.28. The molecule has 13 heavy (non-hydrogen) atoms. The standard InChI is InChI=1S/C10H10O3/c1-6-9-7(4-11-6)2-3-8-10(9)13-5-12-8/h2-3,6H,4-5H2,1H3. The Kier molecular flexibility index (Phi) is 1.32. The second kappa shape index (κ2) is 2.39. The van der Waals surface area contributed by atoms with Gasteiger partial charge in [-0.15, -0.1) is 0 Å². The first-order chi connectivity index (χ1) is 6.36. The van der Waals surface area contributed by atoms with Gasteiger partial charge in [0.25, 0.3) is 0 Å². The van der Waals surface area contributed by atoms with Crippen molar-refractivity contribution in [3.8, 4) is 11.5 Å². The van der Waals surface area contributed by atoms with Crippen LogP contribution in [0.1, 0.15) is 24.2 Å². The van der Waals surface area contributed by atoms with Gasteiger partial charge in [-0.25, -0.2) is 0 Å². The third-order valence-corrected chi connectivity index (χ3v) is 2.56. The summed E-state index contributed by atoms with van der Waals surface area (Å²) in [4.78, 5) is 0. The van der Waals surface area contributed by atoms with Crippen LogP contribution in [-0.4, -0.2) is 6.79 Å². The topological polar surface area (TPSA) is 27.7 Å². The van der Waals surface area contributed by atoms with Gasteiger partial charge in [-0.05, 0) is 18.6 Å². The molecule has 1 aromatic rings. The molecule has 3 rings (SSSR count). The molecule has 68 valence electrons. The molecule has 2 heterocycles. The van der Waals surface area contributed by atoms with Crippen LogP contribution in [0.2, 0.25) is 0 Å². The van der Waals surface area contributed by atoms with Gasteiger partial charge in [-0.3, -0.25) is 0 Å². The number of hydrogen-bond donors (Lipinski definition) is 0. The van der Waals surface area contributed by atoms with Gasteiger partial charge in [0.05, 0.1) is 12.7 Å². The summed E-state index contributed by atoms with van der Waals surface area (Å²) in [5.74, 6) is 1.72. The molecule has 0 saturated heterocycles. The Morgan fingerprint density at radius 3 is 3.15 bits per heavy atom. The van der Waals surface area contributed by atoms with Gasteiger partial charge in [-0.1, -0.05) is 6.07 Å². The fourth-order valence-electron chi connectivity index (χ4n) is 1.90. The van der Waals surface area contributed by atoms with Gasteiger partial charge in [0.1, 0.15) is 0 Å². The average Bonchev–Trinajstić information content (AvgIpc) is 2.70. The van der Waals surface area contributed by atoms with E-state index in [9.17, 15) is 0 Å². The van der Waals surface area contributed by atoms with Gasteiger partial charge >= 0.3 is 0 Å². The van der Waals surface area contributed by atoms with Crippen LogP contribution in [0, 0.1) is 0 Å². The third kappa shape index (κ3) is 0.877. The molecular weight excluding hydrogens is 168 g/mol. The molecule has 3 heteroatoms. The van der Waals surface area contributed by atoms with E-state index in [0.29, 0.717) is 13.4 Å². The van der Waals surface area contributed by atoms with Gasteiger partial charge in [-0.2, -0.15) is 0 Å². The molecule has 0 saturated carbocycles. The molecule has 0 amide bonds. The summed E-state index contributed by atoms with van der Waals surface area (Å²) in [6.07, 6.45) is 0.131. The summed E-state index contributed by atoms with van der Waals surface area (Å²) < 4.78 is 16.2. The Balaban J connectivity index is 2.23. The van der Waals surface area contributed by atoms with Crippen LogP contribution in [0.25, 0.3) is 0 Å². The van der Waals surface area contributed by atoms with E-state index in [1.807, 2.05) is 19.1 Å². The smallest absolute Gasteiger partial charge is 0.231 e. The van der Waals surface area contributed by atoms with Crippen LogP contribution in [0.3, 0.4) is 0 Å². The summed E-state index contributed by atoms with van der Waals surface area (Å²) in [7, 11) is 0. The van der Waals surface area contributed by atoms with E-state index >= 15 is 0 Å². The molecule has 0 bridgehead atoms. The molecule has 0 fully saturated rings. The predicted molar refractivity (Wildman–Crippen MR) is 45.8 cm³/mol. The molecule has 0 radical (unpaired) electrons. The lowest BCUT2D eigenvalue weighted by Crippen LogP contribution is -1.95. The van der Waals surface area contributed by atoms with E-state index in [1.54, 1.807) is 0 Å². The summed E-state index contributed by atoms with van der Waals surface area (Å²) in [5.41, 5.74) is 2.38. The summed E-state index contributed by atoms with van der Waals surface area (Å²) in [6, 6.07) is 3.99. The Labute approximate surface area is 76.2 Å². The number of benzene rings is 1. The van der Waals surface area contributed by atoms with Crippen LogP contribution in [0.4, 0.5) is 0 Å². The molecule has 3 nitrogen and oxygen atoms in total. The van der Waals surface area contributed by atoms with E-state index in [4.69, 9.17) is 14.2 Å². The molecule has 1 aromatic carbocycles. The summed E-state index contributed by atoms with van der Waals surface area (Å²) in [6.45, 7) is 3.06. The van der Waals surface area contributed by atoms with Crippen LogP contribution < -0.4 is 9.47 Å². The first kappa shape index (κ1) is 7.21. The monoisotopic (exact) mass is 178 g/mol. The maximum atomic E-state index is 5.51. The molecule has 0 aromatic heterocycles. The van der Waals surface area contributed by atoms with Gasteiger partial charge in [0.15, 0.2) is 11.5 Å². The molecule has 1 unspecified atom stereocenters. The maximum absolute atomic E-state index is 5.51. The number of fused-ring (bicyclic) bond motifs is 3. The van der Waals surface area contributed by atoms with Gasteiger partial charge < -0.3 is 14.2 Å². The van der Waals surface area contributed by atoms with Crippen molar-refractivity contribution in [1.82, 2.24) is 0 Å². The minimum Gasteiger partial charge on any atom is -0.454 e. The first-order valence-electron chi connectivity index (χ1n) is 4.39. The quantitative estimate of drug-likeness (QED) is 0.608. The summed E-state index contributed by atoms with van der Waals surface area (Å²) >= 11 is 0. The van der Waals surface area contributed by atoms with E-state index in [1.165, 1.54) is 5.56 Å². The van der Waals surface area contributed by atoms with Crippen molar-refractivity contribution in [3.05, 3.63) is 23.3 Å². The highest BCUT2D eigenvalue weighted by molar-refractivity contribution is 5.54. The minimum atomic E-state index is 0.131. The Morgan fingerprint density at radius 2 is 2.23 bits per heavy atom. The lowest BCUT2D eigenvalue weighted by Gasteiger charge is -2.06. The zero-order valence-corrected chi connectivity index (χ0v) is 7.37. The fourth-order valence-corrected chi connectivity index (χ4v) is 1.90. The van der Waals surface area contributed by atoms with Crippen molar-refractivity contribution in [2.75, 3.05) is 6.79 Å². The number of hydrogen-bond acceptors (Lipinski definition) is 3. The summed E-state index contributed by atoms with van der Waals surface area (Å²) in [5, 5.41) is 0. The zero-order chi connectivity index (χ0) is 8.84. The normalized spacial score (nSPS) is 23.3. The Hall–Kier alpha value is -1.22. The Morgan fingerprint density at radius 1 is 1.31 bits per heavy atom. The lowest BCUT2D eigenvalue weighted by atomic mass is 10.0. The SMILES string of the molecule is CC1OCc2ccc3c(c21)OCO3. The van der Waals surface area contributed by atoms with E-state index in [-0.39, 0.29) is 6.10 Å². The maximum Gasteiger partial charge on any atom is 0.231 e. The van der Waals surface area contributed by atoms with E-state index in [0.717, 1.165) is 17.1 Å². The average molecular weight is 178 g/mol. The molecule has 2 aliphatic rings. The van der Waals surface area contributed by atoms with Crippen molar-refractivity contribution in [1.29, 1.82) is 0 Å². The number of ether oxygens (including phenoxy) is 3. The van der Waals surface area contributed by atoms with Gasteiger partial charge in [0, 0.05) is 5.56 Å². The van der Waals surface area contributed by atoms with Crippen LogP contribution >= 0.6 is 0 Å². The van der Waals surface area contributed by atoms with Gasteiger partial charge in [0.2, 0.25) is 6.79 Å². The molecular formula is C10H10O3. The van der Waals surface area contributed by atoms with Crippen LogP contribution in [0.5, 0.6) is 11.5 Å². The van der Waals surface area contributed by atoms with Crippen molar-refractivity contribution >= 4 is 0 Å². The van der Waals surface area contributed by atoms with Crippen LogP contribution in [-0.2, 0) is 11.3 Å². The van der Waals surface area contributed by atoms with E-state index < -0.39 is 0 Å². The van der Waals surface area contributed by atoms with Crippen molar-refractivity contribution < 1.29 is 14.2 Å². The van der Waals surface area contributed by atoms with Crippen molar-refractivity contribution in [3.63, 3.8) is 0 Å². The van der Waals surface area contributed by atoms with E-state index in [2.05, 4.69) is 0 Å².